The van der Waals surface area contributed by atoms with Crippen LogP contribution in [-0.4, -0.2) is 47.1 Å². The van der Waals surface area contributed by atoms with Crippen LogP contribution in [0.5, 0.6) is 0 Å². The summed E-state index contributed by atoms with van der Waals surface area (Å²) in [5.41, 5.74) is 2.64. The molecule has 0 aliphatic carbocycles. The third kappa shape index (κ3) is 5.30. The van der Waals surface area contributed by atoms with Crippen LogP contribution in [0.3, 0.4) is 0 Å². The minimum absolute atomic E-state index is 0.0646. The lowest BCUT2D eigenvalue weighted by Crippen LogP contribution is -2.50. The Labute approximate surface area is 196 Å². The number of carbonyl (C=O) groups is 1. The third-order valence-corrected chi connectivity index (χ3v) is 5.83. The second-order valence-electron chi connectivity index (χ2n) is 8.21. The molecule has 6 nitrogen and oxygen atoms in total. The van der Waals surface area contributed by atoms with E-state index in [1.54, 1.807) is 11.0 Å². The van der Waals surface area contributed by atoms with E-state index in [4.69, 9.17) is 4.98 Å². The van der Waals surface area contributed by atoms with Crippen molar-refractivity contribution in [3.8, 4) is 0 Å². The van der Waals surface area contributed by atoms with Gasteiger partial charge in [-0.2, -0.15) is 0 Å². The molecular formula is C25H26F3N5O. The molecule has 2 amide bonds. The zero-order chi connectivity index (χ0) is 24.2. The number of anilines is 2. The van der Waals surface area contributed by atoms with Gasteiger partial charge in [-0.15, -0.1) is 0 Å². The molecule has 34 heavy (non-hydrogen) atoms. The molecule has 0 atom stereocenters. The highest BCUT2D eigenvalue weighted by Gasteiger charge is 2.25. The van der Waals surface area contributed by atoms with Gasteiger partial charge in [0.1, 0.15) is 29.1 Å². The van der Waals surface area contributed by atoms with E-state index in [2.05, 4.69) is 15.2 Å². The Kier molecular flexibility index (Phi) is 7.00. The maximum Gasteiger partial charge on any atom is 0.322 e. The second kappa shape index (κ2) is 10.1. The van der Waals surface area contributed by atoms with Crippen molar-refractivity contribution < 1.29 is 18.0 Å². The second-order valence-corrected chi connectivity index (χ2v) is 8.21. The summed E-state index contributed by atoms with van der Waals surface area (Å²) in [5, 5.41) is 2.50. The molecule has 0 unspecified atom stereocenters. The van der Waals surface area contributed by atoms with Crippen LogP contribution in [0.25, 0.3) is 0 Å². The fourth-order valence-electron chi connectivity index (χ4n) is 4.13. The van der Waals surface area contributed by atoms with Gasteiger partial charge in [-0.05, 0) is 43.2 Å². The van der Waals surface area contributed by atoms with Crippen LogP contribution in [0.4, 0.5) is 29.5 Å². The van der Waals surface area contributed by atoms with Gasteiger partial charge < -0.3 is 15.1 Å². The van der Waals surface area contributed by atoms with E-state index in [9.17, 15) is 18.0 Å². The zero-order valence-corrected chi connectivity index (χ0v) is 19.1. The predicted molar refractivity (Wildman–Crippen MR) is 125 cm³/mol. The molecule has 1 aliphatic rings. The van der Waals surface area contributed by atoms with Crippen molar-refractivity contribution in [2.45, 2.75) is 26.7 Å². The van der Waals surface area contributed by atoms with Crippen LogP contribution in [0.15, 0.2) is 42.5 Å². The summed E-state index contributed by atoms with van der Waals surface area (Å²) in [5.74, 6) is -0.371. The number of piperazine rings is 1. The van der Waals surface area contributed by atoms with Gasteiger partial charge in [-0.1, -0.05) is 19.1 Å². The fraction of sp³-hybridized carbons (Fsp3) is 0.320. The van der Waals surface area contributed by atoms with Crippen LogP contribution in [0.1, 0.15) is 29.6 Å². The Balaban J connectivity index is 1.50. The average Bonchev–Trinajstić information content (AvgIpc) is 2.82. The molecule has 178 valence electrons. The first-order chi connectivity index (χ1) is 16.3. The first kappa shape index (κ1) is 23.5. The van der Waals surface area contributed by atoms with Gasteiger partial charge >= 0.3 is 6.03 Å². The van der Waals surface area contributed by atoms with E-state index in [-0.39, 0.29) is 11.5 Å². The molecule has 1 aromatic heterocycles. The van der Waals surface area contributed by atoms with Gasteiger partial charge in [-0.3, -0.25) is 0 Å². The van der Waals surface area contributed by atoms with E-state index in [1.807, 2.05) is 19.9 Å². The molecule has 1 saturated heterocycles. The van der Waals surface area contributed by atoms with Crippen LogP contribution in [-0.2, 0) is 12.8 Å². The number of carbonyl (C=O) groups excluding carboxylic acids is 1. The van der Waals surface area contributed by atoms with Crippen LogP contribution >= 0.6 is 0 Å². The summed E-state index contributed by atoms with van der Waals surface area (Å²) < 4.78 is 40.8. The number of hydrogen-bond donors (Lipinski definition) is 1. The highest BCUT2D eigenvalue weighted by Crippen LogP contribution is 2.26. The SMILES string of the molecule is CCc1nc(C)nc(N2CCN(C(=O)Nc3ccc(F)cc3F)CC2)c1Cc1cccc(F)c1. The Bertz CT molecular complexity index is 1200. The van der Waals surface area contributed by atoms with E-state index in [0.717, 1.165) is 34.8 Å². The van der Waals surface area contributed by atoms with Gasteiger partial charge in [-0.25, -0.2) is 27.9 Å². The summed E-state index contributed by atoms with van der Waals surface area (Å²) in [6, 6.07) is 9.08. The molecule has 0 bridgehead atoms. The highest BCUT2D eigenvalue weighted by atomic mass is 19.1. The minimum atomic E-state index is -0.822. The number of benzene rings is 2. The Morgan fingerprint density at radius 1 is 1.00 bits per heavy atom. The number of aryl methyl sites for hydroxylation is 2. The monoisotopic (exact) mass is 469 g/mol. The van der Waals surface area contributed by atoms with Gasteiger partial charge in [0.15, 0.2) is 0 Å². The van der Waals surface area contributed by atoms with Crippen LogP contribution in [0, 0.1) is 24.4 Å². The van der Waals surface area contributed by atoms with Crippen molar-refractivity contribution in [2.24, 2.45) is 0 Å². The first-order valence-electron chi connectivity index (χ1n) is 11.2. The molecule has 4 rings (SSSR count). The largest absolute Gasteiger partial charge is 0.353 e. The summed E-state index contributed by atoms with van der Waals surface area (Å²) in [6.07, 6.45) is 1.22. The topological polar surface area (TPSA) is 61.4 Å². The number of aromatic nitrogens is 2. The van der Waals surface area contributed by atoms with Crippen molar-refractivity contribution in [1.82, 2.24) is 14.9 Å². The lowest BCUT2D eigenvalue weighted by Gasteiger charge is -2.36. The Morgan fingerprint density at radius 3 is 2.41 bits per heavy atom. The molecule has 3 aromatic rings. The molecule has 1 fully saturated rings. The Hall–Kier alpha value is -3.62. The Morgan fingerprint density at radius 2 is 1.74 bits per heavy atom. The molecule has 9 heteroatoms. The van der Waals surface area contributed by atoms with Crippen molar-refractivity contribution in [3.63, 3.8) is 0 Å². The van der Waals surface area contributed by atoms with Gasteiger partial charge in [0.25, 0.3) is 0 Å². The molecular weight excluding hydrogens is 443 g/mol. The lowest BCUT2D eigenvalue weighted by atomic mass is 10.0. The normalized spacial score (nSPS) is 13.8. The summed E-state index contributed by atoms with van der Waals surface area (Å²) in [6.45, 7) is 5.72. The van der Waals surface area contributed by atoms with Crippen LogP contribution < -0.4 is 10.2 Å². The fourth-order valence-corrected chi connectivity index (χ4v) is 4.13. The summed E-state index contributed by atoms with van der Waals surface area (Å²) >= 11 is 0. The highest BCUT2D eigenvalue weighted by molar-refractivity contribution is 5.89. The number of halogens is 3. The summed E-state index contributed by atoms with van der Waals surface area (Å²) in [7, 11) is 0. The van der Waals surface area contributed by atoms with E-state index in [1.165, 1.54) is 18.2 Å². The number of amides is 2. The predicted octanol–water partition coefficient (Wildman–Crippen LogP) is 4.71. The summed E-state index contributed by atoms with van der Waals surface area (Å²) in [4.78, 5) is 25.6. The molecule has 0 saturated carbocycles. The number of urea groups is 1. The van der Waals surface area contributed by atoms with E-state index in [0.29, 0.717) is 44.8 Å². The molecule has 0 spiro atoms. The lowest BCUT2D eigenvalue weighted by molar-refractivity contribution is 0.208. The molecule has 1 aliphatic heterocycles. The maximum atomic E-state index is 13.9. The standard InChI is InChI=1S/C25H26F3N5O/c1-3-22-20(14-17-5-4-6-18(26)13-17)24(30-16(2)29-22)32-9-11-33(12-10-32)25(34)31-23-8-7-19(27)15-21(23)28/h4-8,13,15H,3,9-12,14H2,1-2H3,(H,31,34). The molecule has 2 aromatic carbocycles. The van der Waals surface area contributed by atoms with Gasteiger partial charge in [0.2, 0.25) is 0 Å². The molecule has 0 radical (unpaired) electrons. The van der Waals surface area contributed by atoms with E-state index >= 15 is 0 Å². The quantitative estimate of drug-likeness (QED) is 0.588. The number of nitrogens with one attached hydrogen (secondary N) is 1. The van der Waals surface area contributed by atoms with E-state index < -0.39 is 17.7 Å². The van der Waals surface area contributed by atoms with Crippen molar-refractivity contribution >= 4 is 17.5 Å². The maximum absolute atomic E-state index is 13.9. The zero-order valence-electron chi connectivity index (χ0n) is 19.1. The average molecular weight is 470 g/mol. The first-order valence-corrected chi connectivity index (χ1v) is 11.2. The number of rotatable bonds is 5. The number of hydrogen-bond acceptors (Lipinski definition) is 4. The van der Waals surface area contributed by atoms with Gasteiger partial charge in [0.05, 0.1) is 5.69 Å². The smallest absolute Gasteiger partial charge is 0.322 e. The number of nitrogens with zero attached hydrogens (tertiary/aromatic N) is 4. The van der Waals surface area contributed by atoms with Crippen molar-refractivity contribution in [3.05, 3.63) is 82.6 Å². The van der Waals surface area contributed by atoms with Gasteiger partial charge in [0, 0.05) is 49.9 Å². The molecule has 1 N–H and O–H groups in total. The van der Waals surface area contributed by atoms with Crippen molar-refractivity contribution in [2.75, 3.05) is 36.4 Å². The molecule has 2 heterocycles. The minimum Gasteiger partial charge on any atom is -0.353 e. The van der Waals surface area contributed by atoms with Crippen LogP contribution in [0.2, 0.25) is 0 Å². The third-order valence-electron chi connectivity index (χ3n) is 5.83. The van der Waals surface area contributed by atoms with Crippen molar-refractivity contribution in [1.29, 1.82) is 0 Å².